The van der Waals surface area contributed by atoms with Gasteiger partial charge in [-0.1, -0.05) is 0 Å². The predicted octanol–water partition coefficient (Wildman–Crippen LogP) is 4.14. The maximum atomic E-state index is 14.8. The number of fused-ring (bicyclic) bond motifs is 2. The standard InChI is InChI=1S/C21H22FNO2/c1-12-10-19-16(5-7-23-19)20(14(12)6-8-24)17-11-18(22)21-15(13(17)2)4-3-9-25-21/h8,10-11,23H,3-7,9H2,1-2H3. The molecule has 0 saturated carbocycles. The van der Waals surface area contributed by atoms with E-state index in [9.17, 15) is 9.18 Å². The summed E-state index contributed by atoms with van der Waals surface area (Å²) in [5.41, 5.74) is 8.37. The first-order valence-corrected chi connectivity index (χ1v) is 8.89. The van der Waals surface area contributed by atoms with Gasteiger partial charge in [0.25, 0.3) is 0 Å². The fraction of sp³-hybridized carbons (Fsp3) is 0.381. The van der Waals surface area contributed by atoms with Crippen LogP contribution in [0, 0.1) is 19.7 Å². The molecule has 4 rings (SSSR count). The van der Waals surface area contributed by atoms with Crippen molar-refractivity contribution in [1.29, 1.82) is 0 Å². The number of carbonyl (C=O) groups excluding carboxylic acids is 1. The zero-order valence-electron chi connectivity index (χ0n) is 14.7. The summed E-state index contributed by atoms with van der Waals surface area (Å²) in [6.45, 7) is 5.52. The van der Waals surface area contributed by atoms with Crippen LogP contribution in [0.15, 0.2) is 12.1 Å². The van der Waals surface area contributed by atoms with E-state index >= 15 is 0 Å². The topological polar surface area (TPSA) is 38.3 Å². The SMILES string of the molecule is Cc1cc2c(c(-c3cc(F)c4c(c3C)CCCO4)c1CC=O)CCN2. The van der Waals surface area contributed by atoms with Gasteiger partial charge in [0.05, 0.1) is 6.61 Å². The number of aldehydes is 1. The van der Waals surface area contributed by atoms with Gasteiger partial charge in [-0.05, 0) is 78.6 Å². The van der Waals surface area contributed by atoms with Crippen molar-refractivity contribution in [3.8, 4) is 16.9 Å². The molecule has 0 unspecified atom stereocenters. The molecule has 0 fully saturated rings. The van der Waals surface area contributed by atoms with Gasteiger partial charge in [0, 0.05) is 24.2 Å². The quantitative estimate of drug-likeness (QED) is 0.854. The second kappa shape index (κ2) is 6.17. The Morgan fingerprint density at radius 2 is 2.08 bits per heavy atom. The lowest BCUT2D eigenvalue weighted by atomic mass is 9.84. The van der Waals surface area contributed by atoms with Gasteiger partial charge in [-0.25, -0.2) is 4.39 Å². The van der Waals surface area contributed by atoms with E-state index in [1.165, 1.54) is 5.56 Å². The van der Waals surface area contributed by atoms with Crippen LogP contribution in [0.5, 0.6) is 5.75 Å². The number of anilines is 1. The van der Waals surface area contributed by atoms with E-state index in [1.54, 1.807) is 6.07 Å². The molecule has 2 aliphatic rings. The molecule has 3 nitrogen and oxygen atoms in total. The maximum Gasteiger partial charge on any atom is 0.165 e. The first-order chi connectivity index (χ1) is 12.1. The number of ether oxygens (including phenoxy) is 1. The number of halogens is 1. The van der Waals surface area contributed by atoms with Gasteiger partial charge in [0.15, 0.2) is 11.6 Å². The zero-order valence-corrected chi connectivity index (χ0v) is 14.7. The van der Waals surface area contributed by atoms with Gasteiger partial charge in [-0.3, -0.25) is 0 Å². The van der Waals surface area contributed by atoms with E-state index in [1.807, 2.05) is 13.8 Å². The molecule has 0 atom stereocenters. The van der Waals surface area contributed by atoms with E-state index in [0.717, 1.165) is 71.2 Å². The highest BCUT2D eigenvalue weighted by molar-refractivity contribution is 5.84. The summed E-state index contributed by atoms with van der Waals surface area (Å²) in [5, 5.41) is 3.41. The maximum absolute atomic E-state index is 14.8. The molecule has 0 saturated heterocycles. The Bertz CT molecular complexity index is 873. The molecule has 4 heteroatoms. The summed E-state index contributed by atoms with van der Waals surface area (Å²) in [6, 6.07) is 3.71. The van der Waals surface area contributed by atoms with Crippen LogP contribution in [-0.4, -0.2) is 19.4 Å². The lowest BCUT2D eigenvalue weighted by Gasteiger charge is -2.24. The van der Waals surface area contributed by atoms with Gasteiger partial charge in [0.2, 0.25) is 0 Å². The summed E-state index contributed by atoms with van der Waals surface area (Å²) < 4.78 is 20.3. The van der Waals surface area contributed by atoms with Crippen LogP contribution in [0.4, 0.5) is 10.1 Å². The minimum atomic E-state index is -0.298. The van der Waals surface area contributed by atoms with Crippen LogP contribution in [0.3, 0.4) is 0 Å². The number of aryl methyl sites for hydroxylation is 1. The number of benzene rings is 2. The number of rotatable bonds is 3. The predicted molar refractivity (Wildman–Crippen MR) is 97.1 cm³/mol. The monoisotopic (exact) mass is 339 g/mol. The largest absolute Gasteiger partial charge is 0.490 e. The van der Waals surface area contributed by atoms with Crippen LogP contribution < -0.4 is 10.1 Å². The third kappa shape index (κ3) is 2.51. The molecule has 0 aliphatic carbocycles. The average molecular weight is 339 g/mol. The minimum absolute atomic E-state index is 0.298. The molecule has 1 N–H and O–H groups in total. The molecule has 0 spiro atoms. The van der Waals surface area contributed by atoms with Gasteiger partial charge in [-0.15, -0.1) is 0 Å². The lowest BCUT2D eigenvalue weighted by Crippen LogP contribution is -2.13. The molecule has 0 aromatic heterocycles. The fourth-order valence-corrected chi connectivity index (χ4v) is 4.23. The van der Waals surface area contributed by atoms with Crippen molar-refractivity contribution >= 4 is 12.0 Å². The second-order valence-corrected chi connectivity index (χ2v) is 6.91. The number of nitrogens with one attached hydrogen (secondary N) is 1. The molecule has 0 bridgehead atoms. The van der Waals surface area contributed by atoms with E-state index < -0.39 is 0 Å². The zero-order chi connectivity index (χ0) is 17.6. The van der Waals surface area contributed by atoms with Crippen molar-refractivity contribution in [2.75, 3.05) is 18.5 Å². The third-order valence-electron chi connectivity index (χ3n) is 5.45. The summed E-state index contributed by atoms with van der Waals surface area (Å²) in [7, 11) is 0. The van der Waals surface area contributed by atoms with Crippen LogP contribution in [0.1, 0.15) is 34.2 Å². The van der Waals surface area contributed by atoms with Crippen molar-refractivity contribution in [1.82, 2.24) is 0 Å². The van der Waals surface area contributed by atoms with Crippen molar-refractivity contribution in [2.24, 2.45) is 0 Å². The first kappa shape index (κ1) is 16.1. The molecular formula is C21H22FNO2. The summed E-state index contributed by atoms with van der Waals surface area (Å²) in [4.78, 5) is 11.3. The molecule has 2 aromatic rings. The van der Waals surface area contributed by atoms with Gasteiger partial charge in [-0.2, -0.15) is 0 Å². The van der Waals surface area contributed by atoms with E-state index in [4.69, 9.17) is 4.74 Å². The molecule has 0 radical (unpaired) electrons. The Morgan fingerprint density at radius 1 is 1.24 bits per heavy atom. The summed E-state index contributed by atoms with van der Waals surface area (Å²) in [5.74, 6) is 0.112. The van der Waals surface area contributed by atoms with Gasteiger partial charge >= 0.3 is 0 Å². The Kier molecular flexibility index (Phi) is 3.98. The van der Waals surface area contributed by atoms with Crippen molar-refractivity contribution in [3.63, 3.8) is 0 Å². The van der Waals surface area contributed by atoms with E-state index in [2.05, 4.69) is 11.4 Å². The molecule has 25 heavy (non-hydrogen) atoms. The van der Waals surface area contributed by atoms with Crippen LogP contribution in [0.25, 0.3) is 11.1 Å². The van der Waals surface area contributed by atoms with Crippen molar-refractivity contribution < 1.29 is 13.9 Å². The Morgan fingerprint density at radius 3 is 2.88 bits per heavy atom. The molecular weight excluding hydrogens is 317 g/mol. The smallest absolute Gasteiger partial charge is 0.165 e. The fourth-order valence-electron chi connectivity index (χ4n) is 4.23. The Labute approximate surface area is 147 Å². The van der Waals surface area contributed by atoms with E-state index in [-0.39, 0.29) is 5.82 Å². The molecule has 0 amide bonds. The van der Waals surface area contributed by atoms with Crippen LogP contribution in [-0.2, 0) is 24.1 Å². The molecule has 2 aromatic carbocycles. The normalized spacial score (nSPS) is 15.2. The van der Waals surface area contributed by atoms with Crippen molar-refractivity contribution in [2.45, 2.75) is 39.5 Å². The summed E-state index contributed by atoms with van der Waals surface area (Å²) in [6.07, 6.45) is 3.93. The molecule has 130 valence electrons. The summed E-state index contributed by atoms with van der Waals surface area (Å²) >= 11 is 0. The van der Waals surface area contributed by atoms with Crippen molar-refractivity contribution in [3.05, 3.63) is 45.8 Å². The molecule has 2 aliphatic heterocycles. The van der Waals surface area contributed by atoms with Crippen LogP contribution >= 0.6 is 0 Å². The second-order valence-electron chi connectivity index (χ2n) is 6.91. The lowest BCUT2D eigenvalue weighted by molar-refractivity contribution is -0.107. The Balaban J connectivity index is 2.02. The average Bonchev–Trinajstić information content (AvgIpc) is 3.07. The van der Waals surface area contributed by atoms with Gasteiger partial charge in [0.1, 0.15) is 6.29 Å². The number of hydrogen-bond acceptors (Lipinski definition) is 3. The highest BCUT2D eigenvalue weighted by Crippen LogP contribution is 2.43. The first-order valence-electron chi connectivity index (χ1n) is 8.89. The highest BCUT2D eigenvalue weighted by Gasteiger charge is 2.26. The number of hydrogen-bond donors (Lipinski definition) is 1. The van der Waals surface area contributed by atoms with E-state index in [0.29, 0.717) is 18.8 Å². The van der Waals surface area contributed by atoms with Gasteiger partial charge < -0.3 is 14.8 Å². The third-order valence-corrected chi connectivity index (χ3v) is 5.45. The minimum Gasteiger partial charge on any atom is -0.490 e. The number of carbonyl (C=O) groups is 1. The molecule has 2 heterocycles. The Hall–Kier alpha value is -2.36. The van der Waals surface area contributed by atoms with Crippen LogP contribution in [0.2, 0.25) is 0 Å². The highest BCUT2D eigenvalue weighted by atomic mass is 19.1.